The molecule has 0 saturated carbocycles. The summed E-state index contributed by atoms with van der Waals surface area (Å²) >= 11 is 6.17. The summed E-state index contributed by atoms with van der Waals surface area (Å²) < 4.78 is 16.0. The summed E-state index contributed by atoms with van der Waals surface area (Å²) in [5, 5.41) is 3.53. The fourth-order valence-electron chi connectivity index (χ4n) is 3.62. The molecule has 33 heavy (non-hydrogen) atoms. The van der Waals surface area contributed by atoms with Crippen LogP contribution in [0, 0.1) is 0 Å². The van der Waals surface area contributed by atoms with Crippen molar-refractivity contribution in [2.45, 2.75) is 0 Å². The predicted octanol–water partition coefficient (Wildman–Crippen LogP) is 4.76. The number of nitrogens with zero attached hydrogens (tertiary/aromatic N) is 1. The lowest BCUT2D eigenvalue weighted by Crippen LogP contribution is -2.32. The Bertz CT molecular complexity index is 1250. The Morgan fingerprint density at radius 3 is 2.15 bits per heavy atom. The van der Waals surface area contributed by atoms with Crippen LogP contribution in [0.2, 0.25) is 5.02 Å². The Morgan fingerprint density at radius 1 is 0.788 bits per heavy atom. The van der Waals surface area contributed by atoms with Gasteiger partial charge in [0.05, 0.1) is 38.3 Å². The van der Waals surface area contributed by atoms with Crippen LogP contribution in [0.25, 0.3) is 5.57 Å². The van der Waals surface area contributed by atoms with E-state index >= 15 is 0 Å². The molecule has 2 amide bonds. The van der Waals surface area contributed by atoms with E-state index in [9.17, 15) is 9.59 Å². The number of imide groups is 1. The molecule has 0 aliphatic carbocycles. The fraction of sp³-hybridized carbons (Fsp3) is 0.120. The first-order chi connectivity index (χ1) is 16.0. The van der Waals surface area contributed by atoms with Gasteiger partial charge in [0.1, 0.15) is 22.9 Å². The Morgan fingerprint density at radius 2 is 1.48 bits per heavy atom. The first-order valence-electron chi connectivity index (χ1n) is 9.99. The highest BCUT2D eigenvalue weighted by Gasteiger charge is 2.41. The number of benzene rings is 3. The van der Waals surface area contributed by atoms with Crippen LogP contribution >= 0.6 is 11.6 Å². The van der Waals surface area contributed by atoms with E-state index in [1.165, 1.54) is 14.2 Å². The summed E-state index contributed by atoms with van der Waals surface area (Å²) in [5.74, 6) is 0.478. The number of para-hydroxylation sites is 2. The number of amides is 2. The Kier molecular flexibility index (Phi) is 6.24. The summed E-state index contributed by atoms with van der Waals surface area (Å²) in [6, 6.07) is 18.7. The van der Waals surface area contributed by atoms with E-state index in [2.05, 4.69) is 5.32 Å². The second-order valence-electron chi connectivity index (χ2n) is 7.07. The highest BCUT2D eigenvalue weighted by Crippen LogP contribution is 2.39. The number of halogens is 1. The predicted molar refractivity (Wildman–Crippen MR) is 127 cm³/mol. The van der Waals surface area contributed by atoms with Crippen molar-refractivity contribution in [3.63, 3.8) is 0 Å². The minimum atomic E-state index is -0.530. The molecule has 1 aliphatic rings. The zero-order valence-electron chi connectivity index (χ0n) is 18.2. The zero-order chi connectivity index (χ0) is 23.5. The van der Waals surface area contributed by atoms with Gasteiger partial charge < -0.3 is 19.5 Å². The normalized spacial score (nSPS) is 13.4. The van der Waals surface area contributed by atoms with Gasteiger partial charge >= 0.3 is 0 Å². The number of carbonyl (C=O) groups is 2. The molecule has 8 heteroatoms. The molecule has 168 valence electrons. The number of hydrogen-bond acceptors (Lipinski definition) is 6. The van der Waals surface area contributed by atoms with Gasteiger partial charge in [-0.1, -0.05) is 35.9 Å². The van der Waals surface area contributed by atoms with Gasteiger partial charge in [-0.25, -0.2) is 4.90 Å². The second-order valence-corrected chi connectivity index (χ2v) is 7.50. The van der Waals surface area contributed by atoms with Crippen LogP contribution in [0.4, 0.5) is 11.4 Å². The van der Waals surface area contributed by atoms with Gasteiger partial charge in [0, 0.05) is 5.02 Å². The molecule has 0 fully saturated rings. The topological polar surface area (TPSA) is 77.1 Å². The highest BCUT2D eigenvalue weighted by molar-refractivity contribution is 6.46. The molecular weight excluding hydrogens is 444 g/mol. The van der Waals surface area contributed by atoms with Crippen LogP contribution in [0.3, 0.4) is 0 Å². The lowest BCUT2D eigenvalue weighted by molar-refractivity contribution is -0.120. The Balaban J connectivity index is 1.87. The van der Waals surface area contributed by atoms with Crippen molar-refractivity contribution in [2.24, 2.45) is 0 Å². The van der Waals surface area contributed by atoms with Gasteiger partial charge in [-0.2, -0.15) is 0 Å². The Labute approximate surface area is 196 Å². The van der Waals surface area contributed by atoms with Crippen molar-refractivity contribution in [3.05, 3.63) is 83.0 Å². The second kappa shape index (κ2) is 9.26. The van der Waals surface area contributed by atoms with E-state index in [0.29, 0.717) is 39.2 Å². The molecule has 1 heterocycles. The molecule has 0 radical (unpaired) electrons. The van der Waals surface area contributed by atoms with Gasteiger partial charge in [0.2, 0.25) is 0 Å². The molecule has 1 aliphatic heterocycles. The van der Waals surface area contributed by atoms with E-state index in [1.807, 2.05) is 0 Å². The maximum atomic E-state index is 13.6. The number of hydrogen-bond donors (Lipinski definition) is 1. The monoisotopic (exact) mass is 464 g/mol. The maximum absolute atomic E-state index is 13.6. The molecule has 1 N–H and O–H groups in total. The van der Waals surface area contributed by atoms with Crippen LogP contribution < -0.4 is 24.4 Å². The van der Waals surface area contributed by atoms with Gasteiger partial charge in [-0.3, -0.25) is 9.59 Å². The number of methoxy groups -OCH3 is 3. The number of ether oxygens (including phenoxy) is 3. The molecule has 0 atom stereocenters. The van der Waals surface area contributed by atoms with Crippen molar-refractivity contribution >= 4 is 40.4 Å². The molecule has 0 bridgehead atoms. The maximum Gasteiger partial charge on any atom is 0.282 e. The van der Waals surface area contributed by atoms with Gasteiger partial charge in [0.25, 0.3) is 11.8 Å². The lowest BCUT2D eigenvalue weighted by atomic mass is 10.0. The van der Waals surface area contributed by atoms with E-state index in [-0.39, 0.29) is 11.3 Å². The van der Waals surface area contributed by atoms with Gasteiger partial charge in [-0.05, 0) is 48.0 Å². The summed E-state index contributed by atoms with van der Waals surface area (Å²) in [5.41, 5.74) is 1.65. The van der Waals surface area contributed by atoms with E-state index < -0.39 is 11.8 Å². The highest BCUT2D eigenvalue weighted by atomic mass is 35.5. The third-order valence-corrected chi connectivity index (χ3v) is 5.44. The number of anilines is 2. The van der Waals surface area contributed by atoms with E-state index in [4.69, 9.17) is 25.8 Å². The fourth-order valence-corrected chi connectivity index (χ4v) is 3.79. The lowest BCUT2D eigenvalue weighted by Gasteiger charge is -2.18. The quantitative estimate of drug-likeness (QED) is 0.508. The molecule has 3 aromatic carbocycles. The van der Waals surface area contributed by atoms with Crippen molar-refractivity contribution in [3.8, 4) is 17.2 Å². The molecule has 0 saturated heterocycles. The smallest absolute Gasteiger partial charge is 0.282 e. The number of nitrogens with one attached hydrogen (secondary N) is 1. The van der Waals surface area contributed by atoms with Gasteiger partial charge in [-0.15, -0.1) is 0 Å². The van der Waals surface area contributed by atoms with Crippen LogP contribution in [0.5, 0.6) is 17.2 Å². The molecule has 3 aromatic rings. The minimum absolute atomic E-state index is 0.0941. The summed E-state index contributed by atoms with van der Waals surface area (Å²) in [6.07, 6.45) is 0. The largest absolute Gasteiger partial charge is 0.497 e. The summed E-state index contributed by atoms with van der Waals surface area (Å²) in [7, 11) is 4.55. The molecule has 0 spiro atoms. The van der Waals surface area contributed by atoms with Crippen molar-refractivity contribution < 1.29 is 23.8 Å². The first kappa shape index (κ1) is 22.2. The molecule has 7 nitrogen and oxygen atoms in total. The molecule has 4 rings (SSSR count). The SMILES string of the molecule is COc1ccc(C2=C(Nc3cc(Cl)ccc3OC)C(=O)N(c3ccccc3OC)C2=O)cc1. The van der Waals surface area contributed by atoms with Crippen LogP contribution in [0.1, 0.15) is 5.56 Å². The van der Waals surface area contributed by atoms with Crippen LogP contribution in [-0.4, -0.2) is 33.1 Å². The van der Waals surface area contributed by atoms with Crippen molar-refractivity contribution in [2.75, 3.05) is 31.5 Å². The summed E-state index contributed by atoms with van der Waals surface area (Å²) in [4.78, 5) is 28.3. The molecule has 0 unspecified atom stereocenters. The Hall–Kier alpha value is -3.97. The van der Waals surface area contributed by atoms with Crippen LogP contribution in [0.15, 0.2) is 72.4 Å². The minimum Gasteiger partial charge on any atom is -0.497 e. The molecular formula is C25H21ClN2O5. The van der Waals surface area contributed by atoms with E-state index in [1.54, 1.807) is 73.8 Å². The summed E-state index contributed by atoms with van der Waals surface area (Å²) in [6.45, 7) is 0. The third kappa shape index (κ3) is 4.10. The average molecular weight is 465 g/mol. The zero-order valence-corrected chi connectivity index (χ0v) is 19.0. The number of rotatable bonds is 7. The number of carbonyl (C=O) groups excluding carboxylic acids is 2. The first-order valence-corrected chi connectivity index (χ1v) is 10.4. The van der Waals surface area contributed by atoms with E-state index in [0.717, 1.165) is 4.90 Å². The molecule has 0 aromatic heterocycles. The average Bonchev–Trinajstić information content (AvgIpc) is 3.08. The van der Waals surface area contributed by atoms with Gasteiger partial charge in [0.15, 0.2) is 0 Å². The van der Waals surface area contributed by atoms with Crippen LogP contribution in [-0.2, 0) is 9.59 Å². The third-order valence-electron chi connectivity index (χ3n) is 5.21. The van der Waals surface area contributed by atoms with Crippen molar-refractivity contribution in [1.29, 1.82) is 0 Å². The van der Waals surface area contributed by atoms with Crippen molar-refractivity contribution in [1.82, 2.24) is 0 Å². The standard InChI is InChI=1S/C25H21ClN2O5/c1-31-17-11-8-15(9-12-17)22-23(27-18-14-16(26)10-13-20(18)32-2)25(30)28(24(22)29)19-6-4-5-7-21(19)33-3/h4-14,27H,1-3H3.